The lowest BCUT2D eigenvalue weighted by Crippen LogP contribution is -2.28. The Morgan fingerprint density at radius 2 is 2.17 bits per heavy atom. The molecule has 1 heterocycles. The lowest BCUT2D eigenvalue weighted by Gasteiger charge is -2.07. The maximum Gasteiger partial charge on any atom is 0.337 e. The van der Waals surface area contributed by atoms with Crippen LogP contribution in [0.1, 0.15) is 24.2 Å². The zero-order valence-corrected chi connectivity index (χ0v) is 11.2. The first-order valence-electron chi connectivity index (χ1n) is 5.58. The minimum Gasteiger partial charge on any atom is -0.478 e. The van der Waals surface area contributed by atoms with Gasteiger partial charge in [0.1, 0.15) is 0 Å². The van der Waals surface area contributed by atoms with E-state index in [1.54, 1.807) is 6.07 Å². The fourth-order valence-corrected chi connectivity index (χ4v) is 1.77. The van der Waals surface area contributed by atoms with Crippen molar-refractivity contribution in [3.8, 4) is 0 Å². The van der Waals surface area contributed by atoms with Gasteiger partial charge in [-0.1, -0.05) is 25.6 Å². The van der Waals surface area contributed by atoms with Gasteiger partial charge in [0.15, 0.2) is 0 Å². The molecule has 6 heteroatoms. The summed E-state index contributed by atoms with van der Waals surface area (Å²) >= 11 is 1.28. The average molecular weight is 268 g/mol. The topological polar surface area (TPSA) is 79.3 Å². The second kappa shape index (κ2) is 7.00. The molecule has 0 spiro atoms. The number of carboxylic acid groups (broad SMARTS) is 1. The first-order chi connectivity index (χ1) is 8.49. The minimum atomic E-state index is -1.01. The highest BCUT2D eigenvalue weighted by atomic mass is 32.2. The maximum absolute atomic E-state index is 11.4. The number of amides is 1. The smallest absolute Gasteiger partial charge is 0.337 e. The van der Waals surface area contributed by atoms with Gasteiger partial charge in [0.25, 0.3) is 0 Å². The molecule has 0 aromatic carbocycles. The van der Waals surface area contributed by atoms with Crippen molar-refractivity contribution in [1.29, 1.82) is 0 Å². The van der Waals surface area contributed by atoms with Crippen molar-refractivity contribution in [3.05, 3.63) is 23.9 Å². The van der Waals surface area contributed by atoms with Crippen LogP contribution in [0.3, 0.4) is 0 Å². The molecule has 0 saturated carbocycles. The largest absolute Gasteiger partial charge is 0.478 e. The van der Waals surface area contributed by atoms with E-state index in [2.05, 4.69) is 10.3 Å². The van der Waals surface area contributed by atoms with Crippen LogP contribution >= 0.6 is 11.8 Å². The Balaban J connectivity index is 2.39. The zero-order chi connectivity index (χ0) is 13.5. The summed E-state index contributed by atoms with van der Waals surface area (Å²) in [6, 6.07) is 3.08. The lowest BCUT2D eigenvalue weighted by molar-refractivity contribution is -0.118. The number of nitrogens with zero attached hydrogens (tertiary/aromatic N) is 1. The van der Waals surface area contributed by atoms with E-state index in [0.717, 1.165) is 0 Å². The lowest BCUT2D eigenvalue weighted by atomic mass is 10.2. The third kappa shape index (κ3) is 5.18. The summed E-state index contributed by atoms with van der Waals surface area (Å²) in [4.78, 5) is 26.0. The molecule has 0 aliphatic heterocycles. The van der Waals surface area contributed by atoms with Gasteiger partial charge >= 0.3 is 5.97 Å². The summed E-state index contributed by atoms with van der Waals surface area (Å²) in [6.45, 7) is 4.71. The second-order valence-corrected chi connectivity index (χ2v) is 5.17. The number of carboxylic acids is 1. The maximum atomic E-state index is 11.4. The summed E-state index contributed by atoms with van der Waals surface area (Å²) < 4.78 is 0. The molecular formula is C12H16N2O3S. The summed E-state index contributed by atoms with van der Waals surface area (Å²) in [5.41, 5.74) is 0.142. The summed E-state index contributed by atoms with van der Waals surface area (Å²) in [5.74, 6) is -0.343. The van der Waals surface area contributed by atoms with Crippen molar-refractivity contribution in [3.63, 3.8) is 0 Å². The van der Waals surface area contributed by atoms with Gasteiger partial charge in [-0.3, -0.25) is 4.79 Å². The average Bonchev–Trinajstić information content (AvgIpc) is 2.34. The van der Waals surface area contributed by atoms with Crippen LogP contribution in [0.2, 0.25) is 0 Å². The quantitative estimate of drug-likeness (QED) is 0.767. The Kier molecular flexibility index (Phi) is 5.64. The van der Waals surface area contributed by atoms with E-state index in [4.69, 9.17) is 5.11 Å². The molecule has 0 aliphatic rings. The fraction of sp³-hybridized carbons (Fsp3) is 0.417. The van der Waals surface area contributed by atoms with Crippen LogP contribution in [0, 0.1) is 5.92 Å². The Labute approximate surface area is 110 Å². The van der Waals surface area contributed by atoms with Crippen molar-refractivity contribution in [2.75, 3.05) is 12.3 Å². The molecule has 0 atom stereocenters. The monoisotopic (exact) mass is 268 g/mol. The van der Waals surface area contributed by atoms with Crippen LogP contribution in [-0.4, -0.2) is 34.3 Å². The van der Waals surface area contributed by atoms with Gasteiger partial charge in [-0.2, -0.15) is 0 Å². The molecule has 0 bridgehead atoms. The molecule has 1 aromatic rings. The van der Waals surface area contributed by atoms with E-state index in [1.807, 2.05) is 13.8 Å². The molecule has 0 radical (unpaired) electrons. The SMILES string of the molecule is CC(C)CNC(=O)CSc1ccc(C(=O)O)cn1. The number of carbonyl (C=O) groups is 2. The van der Waals surface area contributed by atoms with Crippen LogP contribution < -0.4 is 5.32 Å². The van der Waals surface area contributed by atoms with Crippen molar-refractivity contribution >= 4 is 23.6 Å². The summed E-state index contributed by atoms with van der Waals surface area (Å²) in [7, 11) is 0. The molecule has 18 heavy (non-hydrogen) atoms. The van der Waals surface area contributed by atoms with Gasteiger partial charge < -0.3 is 10.4 Å². The van der Waals surface area contributed by atoms with Gasteiger partial charge in [0.2, 0.25) is 5.91 Å². The van der Waals surface area contributed by atoms with Gasteiger partial charge in [0, 0.05) is 12.7 Å². The van der Waals surface area contributed by atoms with Gasteiger partial charge in [-0.25, -0.2) is 9.78 Å². The number of carbonyl (C=O) groups excluding carboxylic acids is 1. The van der Waals surface area contributed by atoms with E-state index in [9.17, 15) is 9.59 Å². The second-order valence-electron chi connectivity index (χ2n) is 4.18. The van der Waals surface area contributed by atoms with Crippen molar-refractivity contribution in [2.45, 2.75) is 18.9 Å². The van der Waals surface area contributed by atoms with Crippen LogP contribution in [0.25, 0.3) is 0 Å². The fourth-order valence-electron chi connectivity index (χ4n) is 1.10. The van der Waals surface area contributed by atoms with Crippen molar-refractivity contribution < 1.29 is 14.7 Å². The van der Waals surface area contributed by atoms with Crippen LogP contribution in [0.15, 0.2) is 23.4 Å². The molecule has 0 unspecified atom stereocenters. The summed E-state index contributed by atoms with van der Waals surface area (Å²) in [6.07, 6.45) is 1.29. The van der Waals surface area contributed by atoms with Crippen LogP contribution in [0.4, 0.5) is 0 Å². The van der Waals surface area contributed by atoms with E-state index in [1.165, 1.54) is 24.0 Å². The number of pyridine rings is 1. The van der Waals surface area contributed by atoms with Crippen molar-refractivity contribution in [1.82, 2.24) is 10.3 Å². The van der Waals surface area contributed by atoms with Crippen LogP contribution in [0.5, 0.6) is 0 Å². The molecular weight excluding hydrogens is 252 g/mol. The minimum absolute atomic E-state index is 0.0437. The first-order valence-corrected chi connectivity index (χ1v) is 6.56. The number of hydrogen-bond acceptors (Lipinski definition) is 4. The normalized spacial score (nSPS) is 10.4. The highest BCUT2D eigenvalue weighted by Crippen LogP contribution is 2.14. The highest BCUT2D eigenvalue weighted by molar-refractivity contribution is 7.99. The Bertz CT molecular complexity index is 418. The van der Waals surface area contributed by atoms with Crippen molar-refractivity contribution in [2.24, 2.45) is 5.92 Å². The molecule has 2 N–H and O–H groups in total. The Morgan fingerprint density at radius 3 is 2.67 bits per heavy atom. The molecule has 0 aliphatic carbocycles. The van der Waals surface area contributed by atoms with Gasteiger partial charge in [-0.05, 0) is 18.1 Å². The number of hydrogen-bond donors (Lipinski definition) is 2. The third-order valence-corrected chi connectivity index (χ3v) is 2.99. The first kappa shape index (κ1) is 14.5. The van der Waals surface area contributed by atoms with E-state index < -0.39 is 5.97 Å². The van der Waals surface area contributed by atoms with E-state index in [0.29, 0.717) is 17.5 Å². The molecule has 0 fully saturated rings. The zero-order valence-electron chi connectivity index (χ0n) is 10.3. The van der Waals surface area contributed by atoms with Gasteiger partial charge in [-0.15, -0.1) is 0 Å². The van der Waals surface area contributed by atoms with E-state index >= 15 is 0 Å². The third-order valence-electron chi connectivity index (χ3n) is 2.04. The Morgan fingerprint density at radius 1 is 1.44 bits per heavy atom. The molecule has 98 valence electrons. The molecule has 1 aromatic heterocycles. The molecule has 0 saturated heterocycles. The number of nitrogens with one attached hydrogen (secondary N) is 1. The predicted octanol–water partition coefficient (Wildman–Crippen LogP) is 1.64. The summed E-state index contributed by atoms with van der Waals surface area (Å²) in [5, 5.41) is 12.1. The standard InChI is InChI=1S/C12H16N2O3S/c1-8(2)5-13-10(15)7-18-11-4-3-9(6-14-11)12(16)17/h3-4,6,8H,5,7H2,1-2H3,(H,13,15)(H,16,17). The number of rotatable bonds is 6. The Hall–Kier alpha value is -1.56. The number of thioether (sulfide) groups is 1. The van der Waals surface area contributed by atoms with Gasteiger partial charge in [0.05, 0.1) is 16.3 Å². The predicted molar refractivity (Wildman–Crippen MR) is 69.8 cm³/mol. The number of aromatic nitrogens is 1. The molecule has 5 nitrogen and oxygen atoms in total. The number of aromatic carboxylic acids is 1. The van der Waals surface area contributed by atoms with Crippen LogP contribution in [-0.2, 0) is 4.79 Å². The molecule has 1 rings (SSSR count). The van der Waals surface area contributed by atoms with E-state index in [-0.39, 0.29) is 17.2 Å². The highest BCUT2D eigenvalue weighted by Gasteiger charge is 2.06. The molecule has 1 amide bonds.